The van der Waals surface area contributed by atoms with E-state index in [-0.39, 0.29) is 24.5 Å². The highest BCUT2D eigenvalue weighted by molar-refractivity contribution is 5.78. The van der Waals surface area contributed by atoms with E-state index in [9.17, 15) is 4.79 Å². The predicted octanol–water partition coefficient (Wildman–Crippen LogP) is 0.926. The molecule has 0 aromatic carbocycles. The normalized spacial score (nSPS) is 27.1. The Morgan fingerprint density at radius 1 is 1.71 bits per heavy atom. The van der Waals surface area contributed by atoms with Crippen LogP contribution in [0, 0.1) is 11.3 Å². The first-order valence-electron chi connectivity index (χ1n) is 4.97. The lowest BCUT2D eigenvalue weighted by Gasteiger charge is -2.37. The first-order chi connectivity index (χ1) is 6.69. The molecule has 1 aliphatic rings. The maximum absolute atomic E-state index is 11.6. The van der Waals surface area contributed by atoms with Crippen molar-refractivity contribution in [2.75, 3.05) is 13.2 Å². The van der Waals surface area contributed by atoms with E-state index < -0.39 is 0 Å². The minimum absolute atomic E-state index is 0.0246. The monoisotopic (exact) mass is 196 g/mol. The molecule has 0 aromatic heterocycles. The molecular formula is C10H16N2O2. The van der Waals surface area contributed by atoms with Crippen molar-refractivity contribution in [1.82, 2.24) is 4.90 Å². The summed E-state index contributed by atoms with van der Waals surface area (Å²) in [5, 5.41) is 8.46. The molecule has 1 aliphatic heterocycles. The van der Waals surface area contributed by atoms with Gasteiger partial charge in [-0.15, -0.1) is 0 Å². The zero-order valence-electron chi connectivity index (χ0n) is 8.69. The third kappa shape index (κ3) is 2.46. The molecule has 78 valence electrons. The second kappa shape index (κ2) is 4.97. The molecule has 0 bridgehead atoms. The van der Waals surface area contributed by atoms with E-state index in [2.05, 4.69) is 0 Å². The van der Waals surface area contributed by atoms with Gasteiger partial charge in [0, 0.05) is 6.54 Å². The van der Waals surface area contributed by atoms with Crippen LogP contribution in [0.5, 0.6) is 0 Å². The molecule has 1 amide bonds. The maximum atomic E-state index is 11.6. The standard InChI is InChI=1S/C10H16N2O2/c1-3-9-7-14-8(2)6-12(9)10(13)4-5-11/h8-9H,3-4,6-7H2,1-2H3. The van der Waals surface area contributed by atoms with Gasteiger partial charge in [-0.05, 0) is 13.3 Å². The van der Waals surface area contributed by atoms with Crippen LogP contribution in [0.15, 0.2) is 0 Å². The summed E-state index contributed by atoms with van der Waals surface area (Å²) in [5.41, 5.74) is 0. The molecule has 0 aromatic rings. The van der Waals surface area contributed by atoms with Crippen LogP contribution in [0.1, 0.15) is 26.7 Å². The third-order valence-corrected chi connectivity index (χ3v) is 2.49. The number of rotatable bonds is 2. The highest BCUT2D eigenvalue weighted by atomic mass is 16.5. The van der Waals surface area contributed by atoms with Gasteiger partial charge in [0.15, 0.2) is 0 Å². The van der Waals surface area contributed by atoms with Crippen LogP contribution < -0.4 is 0 Å². The summed E-state index contributed by atoms with van der Waals surface area (Å²) in [6.45, 7) is 5.17. The van der Waals surface area contributed by atoms with E-state index >= 15 is 0 Å². The Kier molecular flexibility index (Phi) is 3.90. The lowest BCUT2D eigenvalue weighted by Crippen LogP contribution is -2.51. The van der Waals surface area contributed by atoms with E-state index in [4.69, 9.17) is 10.00 Å². The summed E-state index contributed by atoms with van der Waals surface area (Å²) >= 11 is 0. The minimum Gasteiger partial charge on any atom is -0.375 e. The molecule has 1 rings (SSSR count). The Hall–Kier alpha value is -1.08. The molecule has 14 heavy (non-hydrogen) atoms. The van der Waals surface area contributed by atoms with Crippen molar-refractivity contribution in [2.45, 2.75) is 38.8 Å². The quantitative estimate of drug-likeness (QED) is 0.660. The van der Waals surface area contributed by atoms with Crippen LogP contribution in [-0.2, 0) is 9.53 Å². The lowest BCUT2D eigenvalue weighted by atomic mass is 10.1. The summed E-state index contributed by atoms with van der Waals surface area (Å²) in [6, 6.07) is 2.04. The van der Waals surface area contributed by atoms with Crippen molar-refractivity contribution in [2.24, 2.45) is 0 Å². The molecule has 0 radical (unpaired) electrons. The van der Waals surface area contributed by atoms with Crippen LogP contribution in [0.3, 0.4) is 0 Å². The number of nitrogens with zero attached hydrogens (tertiary/aromatic N) is 2. The number of hydrogen-bond donors (Lipinski definition) is 0. The third-order valence-electron chi connectivity index (χ3n) is 2.49. The fraction of sp³-hybridized carbons (Fsp3) is 0.800. The summed E-state index contributed by atoms with van der Waals surface area (Å²) in [4.78, 5) is 13.3. The van der Waals surface area contributed by atoms with Gasteiger partial charge in [0.25, 0.3) is 0 Å². The number of carbonyl (C=O) groups excluding carboxylic acids is 1. The zero-order chi connectivity index (χ0) is 10.6. The molecule has 0 saturated carbocycles. The fourth-order valence-corrected chi connectivity index (χ4v) is 1.66. The molecule has 1 fully saturated rings. The first-order valence-corrected chi connectivity index (χ1v) is 4.97. The number of morpholine rings is 1. The van der Waals surface area contributed by atoms with Crippen LogP contribution >= 0.6 is 0 Å². The van der Waals surface area contributed by atoms with E-state index in [1.165, 1.54) is 0 Å². The molecule has 2 atom stereocenters. The van der Waals surface area contributed by atoms with Gasteiger partial charge in [-0.25, -0.2) is 0 Å². The number of amides is 1. The summed E-state index contributed by atoms with van der Waals surface area (Å²) in [7, 11) is 0. The molecule has 0 spiro atoms. The van der Waals surface area contributed by atoms with Crippen LogP contribution in [0.25, 0.3) is 0 Å². The highest BCUT2D eigenvalue weighted by Crippen LogP contribution is 2.15. The molecule has 1 heterocycles. The van der Waals surface area contributed by atoms with E-state index in [1.54, 1.807) is 4.90 Å². The second-order valence-electron chi connectivity index (χ2n) is 3.59. The average molecular weight is 196 g/mol. The molecule has 0 N–H and O–H groups in total. The topological polar surface area (TPSA) is 53.3 Å². The van der Waals surface area contributed by atoms with Crippen molar-refractivity contribution < 1.29 is 9.53 Å². The van der Waals surface area contributed by atoms with Crippen LogP contribution in [-0.4, -0.2) is 36.1 Å². The van der Waals surface area contributed by atoms with Crippen molar-refractivity contribution in [3.63, 3.8) is 0 Å². The Morgan fingerprint density at radius 2 is 2.43 bits per heavy atom. The Balaban J connectivity index is 2.61. The summed E-state index contributed by atoms with van der Waals surface area (Å²) in [5.74, 6) is -0.0745. The van der Waals surface area contributed by atoms with Crippen LogP contribution in [0.2, 0.25) is 0 Å². The van der Waals surface area contributed by atoms with Gasteiger partial charge in [-0.2, -0.15) is 5.26 Å². The van der Waals surface area contributed by atoms with Gasteiger partial charge >= 0.3 is 0 Å². The molecule has 4 heteroatoms. The maximum Gasteiger partial charge on any atom is 0.237 e. The largest absolute Gasteiger partial charge is 0.375 e. The van der Waals surface area contributed by atoms with Gasteiger partial charge in [0.05, 0.1) is 24.8 Å². The molecular weight excluding hydrogens is 180 g/mol. The number of hydrogen-bond acceptors (Lipinski definition) is 3. The Morgan fingerprint density at radius 3 is 3.00 bits per heavy atom. The Labute approximate surface area is 84.4 Å². The van der Waals surface area contributed by atoms with Crippen LogP contribution in [0.4, 0.5) is 0 Å². The number of nitriles is 1. The van der Waals surface area contributed by atoms with Crippen molar-refractivity contribution in [1.29, 1.82) is 5.26 Å². The fourth-order valence-electron chi connectivity index (χ4n) is 1.66. The highest BCUT2D eigenvalue weighted by Gasteiger charge is 2.28. The number of carbonyl (C=O) groups is 1. The molecule has 1 saturated heterocycles. The lowest BCUT2D eigenvalue weighted by molar-refractivity contribution is -0.143. The molecule has 0 aliphatic carbocycles. The van der Waals surface area contributed by atoms with Gasteiger partial charge < -0.3 is 9.64 Å². The predicted molar refractivity (Wildman–Crippen MR) is 51.4 cm³/mol. The molecule has 4 nitrogen and oxygen atoms in total. The number of ether oxygens (including phenoxy) is 1. The van der Waals surface area contributed by atoms with E-state index in [0.717, 1.165) is 6.42 Å². The minimum atomic E-state index is -0.0745. The SMILES string of the molecule is CCC1COC(C)CN1C(=O)CC#N. The van der Waals surface area contributed by atoms with Gasteiger partial charge in [-0.3, -0.25) is 4.79 Å². The van der Waals surface area contributed by atoms with E-state index in [1.807, 2.05) is 19.9 Å². The zero-order valence-corrected chi connectivity index (χ0v) is 8.69. The Bertz CT molecular complexity index is 247. The molecule has 2 unspecified atom stereocenters. The summed E-state index contributed by atoms with van der Waals surface area (Å²) in [6.07, 6.45) is 0.938. The smallest absolute Gasteiger partial charge is 0.237 e. The van der Waals surface area contributed by atoms with E-state index in [0.29, 0.717) is 13.2 Å². The van der Waals surface area contributed by atoms with Crippen molar-refractivity contribution >= 4 is 5.91 Å². The van der Waals surface area contributed by atoms with Crippen molar-refractivity contribution in [3.05, 3.63) is 0 Å². The second-order valence-corrected chi connectivity index (χ2v) is 3.59. The van der Waals surface area contributed by atoms with Gasteiger partial charge in [-0.1, -0.05) is 6.92 Å². The van der Waals surface area contributed by atoms with Crippen molar-refractivity contribution in [3.8, 4) is 6.07 Å². The first kappa shape index (κ1) is 11.0. The van der Waals surface area contributed by atoms with Gasteiger partial charge in [0.1, 0.15) is 6.42 Å². The summed E-state index contributed by atoms with van der Waals surface area (Å²) < 4.78 is 5.46. The van der Waals surface area contributed by atoms with Gasteiger partial charge in [0.2, 0.25) is 5.91 Å². The average Bonchev–Trinajstić information content (AvgIpc) is 2.18.